The summed E-state index contributed by atoms with van der Waals surface area (Å²) in [6.07, 6.45) is 1.51. The predicted molar refractivity (Wildman–Crippen MR) is 112 cm³/mol. The smallest absolute Gasteiger partial charge is 0.237 e. The summed E-state index contributed by atoms with van der Waals surface area (Å²) in [5.41, 5.74) is 1.84. The first-order valence-corrected chi connectivity index (χ1v) is 10.0. The number of halogens is 1. The third kappa shape index (κ3) is 5.57. The van der Waals surface area contributed by atoms with E-state index in [1.165, 1.54) is 0 Å². The second-order valence-electron chi connectivity index (χ2n) is 7.19. The van der Waals surface area contributed by atoms with Gasteiger partial charge in [-0.1, -0.05) is 41.9 Å². The molecule has 1 saturated heterocycles. The van der Waals surface area contributed by atoms with Crippen LogP contribution < -0.4 is 10.6 Å². The molecule has 5 nitrogen and oxygen atoms in total. The number of anilines is 1. The van der Waals surface area contributed by atoms with Crippen LogP contribution in [0.5, 0.6) is 0 Å². The van der Waals surface area contributed by atoms with Crippen LogP contribution in [0.25, 0.3) is 0 Å². The van der Waals surface area contributed by atoms with Crippen LogP contribution in [0.15, 0.2) is 54.6 Å². The highest BCUT2D eigenvalue weighted by atomic mass is 35.5. The van der Waals surface area contributed by atoms with Crippen molar-refractivity contribution in [2.45, 2.75) is 32.4 Å². The maximum atomic E-state index is 12.5. The highest BCUT2D eigenvalue weighted by molar-refractivity contribution is 6.30. The second-order valence-corrected chi connectivity index (χ2v) is 7.62. The lowest BCUT2D eigenvalue weighted by molar-refractivity contribution is -0.127. The minimum atomic E-state index is -0.217. The van der Waals surface area contributed by atoms with Crippen molar-refractivity contribution in [3.63, 3.8) is 0 Å². The Labute approximate surface area is 171 Å². The quantitative estimate of drug-likeness (QED) is 0.778. The molecule has 1 heterocycles. The van der Waals surface area contributed by atoms with Gasteiger partial charge in [-0.25, -0.2) is 0 Å². The summed E-state index contributed by atoms with van der Waals surface area (Å²) >= 11 is 5.88. The summed E-state index contributed by atoms with van der Waals surface area (Å²) < 4.78 is 0. The number of nitrogens with zero attached hydrogens (tertiary/aromatic N) is 1. The summed E-state index contributed by atoms with van der Waals surface area (Å²) in [6, 6.07) is 16.7. The first-order chi connectivity index (χ1) is 13.5. The van der Waals surface area contributed by atoms with E-state index in [0.29, 0.717) is 11.6 Å². The molecule has 0 saturated carbocycles. The van der Waals surface area contributed by atoms with Gasteiger partial charge in [-0.3, -0.25) is 14.5 Å². The van der Waals surface area contributed by atoms with Crippen molar-refractivity contribution in [3.05, 3.63) is 65.2 Å². The molecule has 0 spiro atoms. The van der Waals surface area contributed by atoms with Crippen LogP contribution in [0.1, 0.15) is 25.3 Å². The van der Waals surface area contributed by atoms with Gasteiger partial charge in [0.15, 0.2) is 0 Å². The number of hydrogen-bond donors (Lipinski definition) is 2. The molecule has 1 atom stereocenters. The number of likely N-dealkylation sites (tertiary alicyclic amines) is 1. The molecule has 0 aliphatic carbocycles. The van der Waals surface area contributed by atoms with Crippen LogP contribution in [-0.4, -0.2) is 35.8 Å². The van der Waals surface area contributed by atoms with E-state index in [1.807, 2.05) is 61.5 Å². The minimum Gasteiger partial charge on any atom is -0.351 e. The fourth-order valence-corrected chi connectivity index (χ4v) is 3.55. The van der Waals surface area contributed by atoms with Gasteiger partial charge >= 0.3 is 0 Å². The molecule has 2 amide bonds. The molecule has 1 aliphatic rings. The molecular weight excluding hydrogens is 374 g/mol. The average Bonchev–Trinajstić information content (AvgIpc) is 2.73. The van der Waals surface area contributed by atoms with Gasteiger partial charge in [0.2, 0.25) is 11.8 Å². The predicted octanol–water partition coefficient (Wildman–Crippen LogP) is 3.70. The largest absolute Gasteiger partial charge is 0.351 e. The van der Waals surface area contributed by atoms with E-state index >= 15 is 0 Å². The Hall–Kier alpha value is -2.37. The van der Waals surface area contributed by atoms with Crippen molar-refractivity contribution in [3.8, 4) is 0 Å². The van der Waals surface area contributed by atoms with E-state index in [0.717, 1.165) is 37.2 Å². The summed E-state index contributed by atoms with van der Waals surface area (Å²) in [4.78, 5) is 27.1. The Balaban J connectivity index is 1.43. The van der Waals surface area contributed by atoms with Crippen LogP contribution in [-0.2, 0) is 16.1 Å². The zero-order chi connectivity index (χ0) is 19.9. The third-order valence-corrected chi connectivity index (χ3v) is 5.50. The molecule has 0 bridgehead atoms. The van der Waals surface area contributed by atoms with E-state index in [4.69, 9.17) is 11.6 Å². The molecule has 3 rings (SSSR count). The highest BCUT2D eigenvalue weighted by Gasteiger charge is 2.29. The molecule has 0 aromatic heterocycles. The Morgan fingerprint density at radius 2 is 1.71 bits per heavy atom. The van der Waals surface area contributed by atoms with E-state index in [2.05, 4.69) is 15.5 Å². The highest BCUT2D eigenvalue weighted by Crippen LogP contribution is 2.21. The Morgan fingerprint density at radius 3 is 2.36 bits per heavy atom. The number of piperidine rings is 1. The zero-order valence-electron chi connectivity index (χ0n) is 16.0. The Bertz CT molecular complexity index is 787. The van der Waals surface area contributed by atoms with Crippen molar-refractivity contribution in [1.29, 1.82) is 0 Å². The van der Waals surface area contributed by atoms with Crippen molar-refractivity contribution >= 4 is 29.1 Å². The molecule has 148 valence electrons. The van der Waals surface area contributed by atoms with Crippen molar-refractivity contribution in [2.75, 3.05) is 18.4 Å². The van der Waals surface area contributed by atoms with Crippen molar-refractivity contribution in [1.82, 2.24) is 10.2 Å². The van der Waals surface area contributed by atoms with Crippen molar-refractivity contribution < 1.29 is 9.59 Å². The molecular formula is C22H26ClN3O2. The summed E-state index contributed by atoms with van der Waals surface area (Å²) in [5.74, 6) is 0.0496. The number of benzene rings is 2. The summed E-state index contributed by atoms with van der Waals surface area (Å²) in [5, 5.41) is 6.64. The second kappa shape index (κ2) is 9.71. The van der Waals surface area contributed by atoms with E-state index in [1.54, 1.807) is 0 Å². The maximum absolute atomic E-state index is 12.5. The Kier molecular flexibility index (Phi) is 7.06. The first-order valence-electron chi connectivity index (χ1n) is 9.65. The molecule has 1 aliphatic heterocycles. The lowest BCUT2D eigenvalue weighted by Gasteiger charge is -2.34. The molecule has 2 N–H and O–H groups in total. The van der Waals surface area contributed by atoms with Gasteiger partial charge in [-0.05, 0) is 62.7 Å². The molecule has 2 aromatic carbocycles. The fourth-order valence-electron chi connectivity index (χ4n) is 3.42. The number of hydrogen-bond acceptors (Lipinski definition) is 3. The molecule has 2 aromatic rings. The molecule has 6 heteroatoms. The van der Waals surface area contributed by atoms with Gasteiger partial charge in [0, 0.05) is 23.2 Å². The summed E-state index contributed by atoms with van der Waals surface area (Å²) in [6.45, 7) is 3.88. The van der Waals surface area contributed by atoms with Gasteiger partial charge in [-0.15, -0.1) is 0 Å². The number of carbonyl (C=O) groups excluding carboxylic acids is 2. The van der Waals surface area contributed by atoms with Crippen LogP contribution in [0.3, 0.4) is 0 Å². The topological polar surface area (TPSA) is 61.4 Å². The van der Waals surface area contributed by atoms with Gasteiger partial charge in [0.25, 0.3) is 0 Å². The van der Waals surface area contributed by atoms with E-state index < -0.39 is 0 Å². The molecule has 0 radical (unpaired) electrons. The van der Waals surface area contributed by atoms with Crippen LogP contribution >= 0.6 is 11.6 Å². The number of amides is 2. The minimum absolute atomic E-state index is 0.00198. The van der Waals surface area contributed by atoms with Gasteiger partial charge in [0.05, 0.1) is 6.04 Å². The molecule has 1 fully saturated rings. The van der Waals surface area contributed by atoms with Crippen LogP contribution in [0.4, 0.5) is 5.69 Å². The monoisotopic (exact) mass is 399 g/mol. The normalized spacial score (nSPS) is 16.4. The zero-order valence-corrected chi connectivity index (χ0v) is 16.8. The lowest BCUT2D eigenvalue weighted by Crippen LogP contribution is -2.49. The lowest BCUT2D eigenvalue weighted by atomic mass is 9.94. The van der Waals surface area contributed by atoms with Gasteiger partial charge in [0.1, 0.15) is 0 Å². The van der Waals surface area contributed by atoms with Crippen LogP contribution in [0, 0.1) is 5.92 Å². The fraction of sp³-hybridized carbons (Fsp3) is 0.364. The van der Waals surface area contributed by atoms with E-state index in [9.17, 15) is 9.59 Å². The van der Waals surface area contributed by atoms with Crippen molar-refractivity contribution in [2.24, 2.45) is 5.92 Å². The third-order valence-electron chi connectivity index (χ3n) is 5.25. The standard InChI is InChI=1S/C22H26ClN3O2/c1-16(21(27)24-15-17-7-9-19(23)10-8-17)26-13-11-18(12-14-26)22(28)25-20-5-3-2-4-6-20/h2-10,16,18H,11-15H2,1H3,(H,24,27)(H,25,28). The first kappa shape index (κ1) is 20.4. The SMILES string of the molecule is CC(C(=O)NCc1ccc(Cl)cc1)N1CCC(C(=O)Nc2ccccc2)CC1. The number of carbonyl (C=O) groups is 2. The average molecular weight is 400 g/mol. The van der Waals surface area contributed by atoms with Crippen LogP contribution in [0.2, 0.25) is 5.02 Å². The molecule has 28 heavy (non-hydrogen) atoms. The number of rotatable bonds is 6. The number of nitrogens with one attached hydrogen (secondary N) is 2. The van der Waals surface area contributed by atoms with Gasteiger partial charge < -0.3 is 10.6 Å². The summed E-state index contributed by atoms with van der Waals surface area (Å²) in [7, 11) is 0. The number of para-hydroxylation sites is 1. The van der Waals surface area contributed by atoms with Gasteiger partial charge in [-0.2, -0.15) is 0 Å². The maximum Gasteiger partial charge on any atom is 0.237 e. The van der Waals surface area contributed by atoms with E-state index in [-0.39, 0.29) is 23.8 Å². The Morgan fingerprint density at radius 1 is 1.07 bits per heavy atom. The molecule has 1 unspecified atom stereocenters.